The number of nitrogens with two attached hydrogens (primary N) is 1. The average molecular weight is 589 g/mol. The van der Waals surface area contributed by atoms with Gasteiger partial charge < -0.3 is 26.4 Å². The van der Waals surface area contributed by atoms with E-state index >= 15 is 0 Å². The molecule has 3 atom stereocenters. The summed E-state index contributed by atoms with van der Waals surface area (Å²) < 4.78 is 5.80. The predicted octanol–water partition coefficient (Wildman–Crippen LogP) is 4.34. The number of unbranched alkanes of at least 4 members (excludes halogenated alkanes) is 1. The molecule has 0 aliphatic rings. The van der Waals surface area contributed by atoms with E-state index in [1.165, 1.54) is 0 Å². The van der Waals surface area contributed by atoms with Gasteiger partial charge in [0.2, 0.25) is 11.8 Å². The number of carbonyl (C=O) groups excluding carboxylic acids is 4. The van der Waals surface area contributed by atoms with E-state index in [1.807, 2.05) is 64.1 Å². The summed E-state index contributed by atoms with van der Waals surface area (Å²) in [5, 5.41) is 10.2. The van der Waals surface area contributed by atoms with Crippen molar-refractivity contribution in [2.75, 3.05) is 6.54 Å². The molecule has 9 nitrogen and oxygen atoms in total. The molecule has 3 aromatic carbocycles. The maximum absolute atomic E-state index is 13.6. The Morgan fingerprint density at radius 1 is 0.744 bits per heavy atom. The van der Waals surface area contributed by atoms with Gasteiger partial charge in [-0.25, -0.2) is 4.79 Å². The topological polar surface area (TPSA) is 140 Å². The fraction of sp³-hybridized carbons (Fsp3) is 0.412. The molecular formula is C34H44N4O5. The summed E-state index contributed by atoms with van der Waals surface area (Å²) >= 11 is 0. The molecule has 0 saturated carbocycles. The Labute approximate surface area is 253 Å². The number of amides is 3. The number of esters is 1. The molecule has 3 aromatic rings. The SMILES string of the molecule is CC(C)C[C@H](NC(=O)[C@@H](NC(=O)c1ccccc1)C(C)C)C(=O)N[C@@H](CCCCN)C(=O)Oc1cccc2ccccc12. The van der Waals surface area contributed by atoms with Gasteiger partial charge in [-0.3, -0.25) is 14.4 Å². The van der Waals surface area contributed by atoms with Crippen molar-refractivity contribution in [2.45, 2.75) is 71.5 Å². The summed E-state index contributed by atoms with van der Waals surface area (Å²) in [6, 6.07) is 18.9. The molecule has 0 aliphatic heterocycles. The zero-order valence-corrected chi connectivity index (χ0v) is 25.5. The highest BCUT2D eigenvalue weighted by Gasteiger charge is 2.32. The molecule has 9 heteroatoms. The lowest BCUT2D eigenvalue weighted by Crippen LogP contribution is -2.57. The van der Waals surface area contributed by atoms with Crippen LogP contribution in [0.2, 0.25) is 0 Å². The Kier molecular flexibility index (Phi) is 12.7. The Balaban J connectivity index is 1.76. The minimum atomic E-state index is -0.941. The number of rotatable bonds is 15. The normalized spacial score (nSPS) is 13.3. The van der Waals surface area contributed by atoms with Crippen LogP contribution in [0.3, 0.4) is 0 Å². The first kappa shape index (κ1) is 33.3. The summed E-state index contributed by atoms with van der Waals surface area (Å²) in [5.41, 5.74) is 6.11. The summed E-state index contributed by atoms with van der Waals surface area (Å²) in [6.07, 6.45) is 1.95. The summed E-state index contributed by atoms with van der Waals surface area (Å²) in [7, 11) is 0. The lowest BCUT2D eigenvalue weighted by molar-refractivity contribution is -0.140. The molecule has 0 heterocycles. The molecule has 230 valence electrons. The molecule has 0 fully saturated rings. The van der Waals surface area contributed by atoms with Crippen LogP contribution in [0.5, 0.6) is 5.75 Å². The quantitative estimate of drug-likeness (QED) is 0.118. The second-order valence-corrected chi connectivity index (χ2v) is 11.5. The zero-order chi connectivity index (χ0) is 31.4. The maximum Gasteiger partial charge on any atom is 0.334 e. The highest BCUT2D eigenvalue weighted by molar-refractivity contribution is 5.99. The lowest BCUT2D eigenvalue weighted by Gasteiger charge is -2.27. The first-order valence-electron chi connectivity index (χ1n) is 15.0. The van der Waals surface area contributed by atoms with Gasteiger partial charge in [0.05, 0.1) is 0 Å². The molecule has 0 saturated heterocycles. The first-order chi connectivity index (χ1) is 20.6. The van der Waals surface area contributed by atoms with Crippen molar-refractivity contribution in [2.24, 2.45) is 17.6 Å². The number of hydrogen-bond acceptors (Lipinski definition) is 6. The van der Waals surface area contributed by atoms with E-state index in [1.54, 1.807) is 36.4 Å². The highest BCUT2D eigenvalue weighted by Crippen LogP contribution is 2.26. The van der Waals surface area contributed by atoms with Crippen LogP contribution < -0.4 is 26.4 Å². The Morgan fingerprint density at radius 2 is 1.40 bits per heavy atom. The third kappa shape index (κ3) is 9.92. The van der Waals surface area contributed by atoms with Crippen molar-refractivity contribution in [3.63, 3.8) is 0 Å². The van der Waals surface area contributed by atoms with Gasteiger partial charge in [0, 0.05) is 10.9 Å². The second-order valence-electron chi connectivity index (χ2n) is 11.5. The van der Waals surface area contributed by atoms with Gasteiger partial charge in [-0.2, -0.15) is 0 Å². The molecule has 43 heavy (non-hydrogen) atoms. The van der Waals surface area contributed by atoms with E-state index < -0.39 is 35.9 Å². The van der Waals surface area contributed by atoms with Gasteiger partial charge in [0.25, 0.3) is 5.91 Å². The van der Waals surface area contributed by atoms with E-state index in [2.05, 4.69) is 16.0 Å². The molecule has 5 N–H and O–H groups in total. The van der Waals surface area contributed by atoms with Gasteiger partial charge >= 0.3 is 5.97 Å². The van der Waals surface area contributed by atoms with Crippen molar-refractivity contribution in [3.05, 3.63) is 78.4 Å². The average Bonchev–Trinajstić information content (AvgIpc) is 2.99. The fourth-order valence-corrected chi connectivity index (χ4v) is 4.79. The number of ether oxygens (including phenoxy) is 1. The van der Waals surface area contributed by atoms with Crippen molar-refractivity contribution < 1.29 is 23.9 Å². The van der Waals surface area contributed by atoms with Crippen LogP contribution in [-0.4, -0.2) is 48.4 Å². The van der Waals surface area contributed by atoms with Crippen LogP contribution in [0, 0.1) is 11.8 Å². The third-order valence-corrected chi connectivity index (χ3v) is 7.12. The van der Waals surface area contributed by atoms with Crippen LogP contribution >= 0.6 is 0 Å². The molecule has 0 radical (unpaired) electrons. The fourth-order valence-electron chi connectivity index (χ4n) is 4.79. The maximum atomic E-state index is 13.6. The molecule has 0 spiro atoms. The summed E-state index contributed by atoms with van der Waals surface area (Å²) in [4.78, 5) is 53.3. The van der Waals surface area contributed by atoms with Crippen LogP contribution in [0.25, 0.3) is 10.8 Å². The number of fused-ring (bicyclic) bond motifs is 1. The highest BCUT2D eigenvalue weighted by atomic mass is 16.5. The standard InChI is InChI=1S/C34H44N4O5/c1-22(2)21-28(37-33(41)30(23(3)4)38-31(39)25-14-6-5-7-15-25)32(40)36-27(18-10-11-20-35)34(42)43-29-19-12-16-24-13-8-9-17-26(24)29/h5-9,12-17,19,22-23,27-28,30H,10-11,18,20-21,35H2,1-4H3,(H,36,40)(H,37,41)(H,38,39)/t27-,28-,30-/m0/s1. The van der Waals surface area contributed by atoms with Gasteiger partial charge in [-0.1, -0.05) is 82.3 Å². The molecular weight excluding hydrogens is 544 g/mol. The van der Waals surface area contributed by atoms with E-state index in [0.29, 0.717) is 43.5 Å². The number of benzene rings is 3. The van der Waals surface area contributed by atoms with E-state index in [4.69, 9.17) is 10.5 Å². The zero-order valence-electron chi connectivity index (χ0n) is 25.5. The number of carbonyl (C=O) groups is 4. The summed E-state index contributed by atoms with van der Waals surface area (Å²) in [5.74, 6) is -1.71. The smallest absolute Gasteiger partial charge is 0.334 e. The molecule has 0 bridgehead atoms. The largest absolute Gasteiger partial charge is 0.424 e. The molecule has 0 unspecified atom stereocenters. The van der Waals surface area contributed by atoms with Crippen LogP contribution in [-0.2, 0) is 14.4 Å². The number of hydrogen-bond donors (Lipinski definition) is 4. The summed E-state index contributed by atoms with van der Waals surface area (Å²) in [6.45, 7) is 7.98. The van der Waals surface area contributed by atoms with Crippen molar-refractivity contribution in [1.82, 2.24) is 16.0 Å². The van der Waals surface area contributed by atoms with Gasteiger partial charge in [-0.15, -0.1) is 0 Å². The first-order valence-corrected chi connectivity index (χ1v) is 15.0. The van der Waals surface area contributed by atoms with E-state index in [0.717, 1.165) is 10.8 Å². The van der Waals surface area contributed by atoms with Crippen LogP contribution in [0.1, 0.15) is 63.7 Å². The van der Waals surface area contributed by atoms with Crippen molar-refractivity contribution in [3.8, 4) is 5.75 Å². The van der Waals surface area contributed by atoms with Crippen LogP contribution in [0.15, 0.2) is 72.8 Å². The Hall–Kier alpha value is -4.24. The second kappa shape index (κ2) is 16.4. The Morgan fingerprint density at radius 3 is 2.07 bits per heavy atom. The molecule has 3 amide bonds. The minimum Gasteiger partial charge on any atom is -0.424 e. The van der Waals surface area contributed by atoms with Crippen molar-refractivity contribution >= 4 is 34.5 Å². The lowest BCUT2D eigenvalue weighted by atomic mass is 9.99. The molecule has 0 aliphatic carbocycles. The van der Waals surface area contributed by atoms with E-state index in [-0.39, 0.29) is 17.7 Å². The minimum absolute atomic E-state index is 0.0609. The van der Waals surface area contributed by atoms with E-state index in [9.17, 15) is 19.2 Å². The third-order valence-electron chi connectivity index (χ3n) is 7.12. The van der Waals surface area contributed by atoms with Crippen LogP contribution in [0.4, 0.5) is 0 Å². The molecule has 0 aromatic heterocycles. The van der Waals surface area contributed by atoms with Gasteiger partial charge in [0.1, 0.15) is 23.9 Å². The van der Waals surface area contributed by atoms with Crippen molar-refractivity contribution in [1.29, 1.82) is 0 Å². The molecule has 3 rings (SSSR count). The predicted molar refractivity (Wildman–Crippen MR) is 168 cm³/mol. The number of nitrogens with one attached hydrogen (secondary N) is 3. The van der Waals surface area contributed by atoms with Gasteiger partial charge in [-0.05, 0) is 67.6 Å². The monoisotopic (exact) mass is 588 g/mol. The Bertz CT molecular complexity index is 1370. The van der Waals surface area contributed by atoms with Gasteiger partial charge in [0.15, 0.2) is 0 Å².